The SMILES string of the molecule is CC(C)(O)C(C)(C)O.CC(C)c1cnn(C)c1-c1nc(C(=O)O)ncc1Cl.CO.COC(=O)c1ncc(Cl)c(-c2c(C(C)C)cnn2C)n1.COC(=O)c1ncc(Cl)c(Br)n1.[B]C(=NC)C(=CN)C(C)C.[Na+].[OH-]. The molecule has 0 aliphatic carbocycles. The summed E-state index contributed by atoms with van der Waals surface area (Å²) in [5, 5.41) is 43.6. The molecule has 0 saturated heterocycles. The number of aromatic carboxylic acids is 1. The zero-order chi connectivity index (χ0) is 55.3. The fourth-order valence-corrected chi connectivity index (χ4v) is 5.65. The van der Waals surface area contributed by atoms with E-state index in [1.54, 1.807) is 70.6 Å². The summed E-state index contributed by atoms with van der Waals surface area (Å²) in [6.07, 6.45) is 9.03. The van der Waals surface area contributed by atoms with E-state index in [9.17, 15) is 14.4 Å². The standard InChI is InChI=1S/C13H15ClN4O2.C12H13ClN4O2.C7H13BN2.C6H4BrClN2O2.C6H14O2.CH4O.Na.H2O/c1-7(2)8-5-16-18(3)11(8)10-9(14)6-15-12(17-10)13(19)20-4;1-6(2)7-4-15-17(3)10(7)9-8(13)5-14-11(16-9)12(18)19;1-5(2)6(4-9)7(8)10-3;1-12-6(11)5-9-2-3(8)4(7)10-5;1-5(2,7)6(3,4)8;1-2;;/h5-7H,1-4H3;4-6H,1-3H3,(H,18,19);4-5H,9H2,1-3H3;2H,1H3;7-8H,1-4H3;2H,1H3;;1H2/q;;;;;;+1;/p-1. The summed E-state index contributed by atoms with van der Waals surface area (Å²) >= 11 is 20.9. The number of aliphatic hydroxyl groups is 3. The van der Waals surface area contributed by atoms with E-state index < -0.39 is 29.1 Å². The number of methoxy groups -OCH3 is 2. The Morgan fingerprint density at radius 1 is 0.726 bits per heavy atom. The second-order valence-corrected chi connectivity index (χ2v) is 18.3. The number of aromatic nitrogens is 10. The number of hydrogen-bond donors (Lipinski definition) is 5. The Labute approximate surface area is 472 Å². The summed E-state index contributed by atoms with van der Waals surface area (Å²) in [5.74, 6) is -1.88. The number of esters is 2. The van der Waals surface area contributed by atoms with Crippen molar-refractivity contribution >= 4 is 82.1 Å². The molecule has 0 aliphatic rings. The van der Waals surface area contributed by atoms with Crippen LogP contribution in [0.25, 0.3) is 22.8 Å². The number of ether oxygens (including phenoxy) is 2. The number of rotatable bonds is 10. The van der Waals surface area contributed by atoms with Gasteiger partial charge in [-0.15, -0.1) is 0 Å². The minimum absolute atomic E-state index is 0. The van der Waals surface area contributed by atoms with Gasteiger partial charge in [0, 0.05) is 39.4 Å². The van der Waals surface area contributed by atoms with E-state index >= 15 is 0 Å². The van der Waals surface area contributed by atoms with Crippen molar-refractivity contribution in [2.75, 3.05) is 28.4 Å². The third-order valence-corrected chi connectivity index (χ3v) is 11.2. The van der Waals surface area contributed by atoms with Crippen LogP contribution in [0.1, 0.15) is 124 Å². The Kier molecular flexibility index (Phi) is 34.1. The van der Waals surface area contributed by atoms with Crippen LogP contribution >= 0.6 is 50.7 Å². The number of halogens is 4. The molecular weight excluding hydrogens is 1090 g/mol. The van der Waals surface area contributed by atoms with Gasteiger partial charge in [0.2, 0.25) is 17.5 Å². The molecule has 2 radical (unpaired) electrons. The molecule has 5 aromatic heterocycles. The maximum absolute atomic E-state index is 11.5. The normalized spacial score (nSPS) is 11.0. The van der Waals surface area contributed by atoms with Crippen LogP contribution in [0.3, 0.4) is 0 Å². The van der Waals surface area contributed by atoms with E-state index in [-0.39, 0.29) is 64.3 Å². The second-order valence-electron chi connectivity index (χ2n) is 16.4. The summed E-state index contributed by atoms with van der Waals surface area (Å²) in [7, 11) is 14.3. The molecule has 28 heteroatoms. The quantitative estimate of drug-likeness (QED) is 0.0568. The number of carboxylic acids is 1. The number of carbonyl (C=O) groups excluding carboxylic acids is 2. The minimum Gasteiger partial charge on any atom is -0.870 e. The van der Waals surface area contributed by atoms with Gasteiger partial charge in [-0.2, -0.15) is 10.2 Å². The molecule has 0 fully saturated rings. The van der Waals surface area contributed by atoms with Gasteiger partial charge in [0.15, 0.2) is 0 Å². The molecule has 0 saturated carbocycles. The Morgan fingerprint density at radius 3 is 1.34 bits per heavy atom. The molecule has 396 valence electrons. The molecule has 0 aromatic carbocycles. The summed E-state index contributed by atoms with van der Waals surface area (Å²) in [5.41, 5.74) is 9.06. The molecule has 5 rings (SSSR count). The average Bonchev–Trinajstić information content (AvgIpc) is 3.90. The van der Waals surface area contributed by atoms with Crippen molar-refractivity contribution in [3.05, 3.63) is 91.0 Å². The van der Waals surface area contributed by atoms with Crippen LogP contribution < -0.4 is 35.3 Å². The van der Waals surface area contributed by atoms with Gasteiger partial charge in [0.25, 0.3) is 0 Å². The topological polar surface area (TPSA) is 332 Å². The third kappa shape index (κ3) is 22.5. The fraction of sp³-hybridized carbons (Fsp3) is 0.467. The van der Waals surface area contributed by atoms with E-state index in [0.29, 0.717) is 48.3 Å². The molecule has 0 aliphatic heterocycles. The van der Waals surface area contributed by atoms with Gasteiger partial charge in [0.05, 0.1) is 82.9 Å². The predicted molar refractivity (Wildman–Crippen MR) is 280 cm³/mol. The van der Waals surface area contributed by atoms with Crippen molar-refractivity contribution in [1.82, 2.24) is 49.5 Å². The summed E-state index contributed by atoms with van der Waals surface area (Å²) in [4.78, 5) is 60.4. The first-order valence-corrected chi connectivity index (χ1v) is 23.0. The van der Waals surface area contributed by atoms with Gasteiger partial charge >= 0.3 is 47.5 Å². The minimum atomic E-state index is -1.19. The van der Waals surface area contributed by atoms with Gasteiger partial charge in [-0.25, -0.2) is 44.3 Å². The van der Waals surface area contributed by atoms with E-state index in [2.05, 4.69) is 84.3 Å². The molecule has 5 aromatic rings. The van der Waals surface area contributed by atoms with Crippen LogP contribution in [0, 0.1) is 5.92 Å². The van der Waals surface area contributed by atoms with Crippen molar-refractivity contribution in [3.8, 4) is 22.8 Å². The zero-order valence-corrected chi connectivity index (χ0v) is 49.9. The zero-order valence-electron chi connectivity index (χ0n) is 44.1. The third-order valence-electron chi connectivity index (χ3n) is 9.58. The number of aryl methyl sites for hydroxylation is 2. The molecule has 73 heavy (non-hydrogen) atoms. The molecule has 0 amide bonds. The number of nitrogens with zero attached hydrogens (tertiary/aromatic N) is 11. The summed E-state index contributed by atoms with van der Waals surface area (Å²) in [6, 6.07) is 0. The van der Waals surface area contributed by atoms with Crippen LogP contribution in [0.15, 0.2) is 52.4 Å². The molecular formula is C45H64BBrCl3N12NaO10. The molecule has 7 N–H and O–H groups in total. The van der Waals surface area contributed by atoms with Crippen LogP contribution in [0.2, 0.25) is 15.1 Å². The first kappa shape index (κ1) is 72.8. The van der Waals surface area contributed by atoms with Crippen LogP contribution in [0.4, 0.5) is 0 Å². The van der Waals surface area contributed by atoms with E-state index in [1.165, 1.54) is 39.0 Å². The smallest absolute Gasteiger partial charge is 0.870 e. The second kappa shape index (κ2) is 34.2. The molecule has 0 spiro atoms. The van der Waals surface area contributed by atoms with Crippen molar-refractivity contribution in [1.29, 1.82) is 0 Å². The maximum Gasteiger partial charge on any atom is 1.00 e. The van der Waals surface area contributed by atoms with Crippen molar-refractivity contribution in [2.24, 2.45) is 30.7 Å². The Bertz CT molecular complexity index is 2590. The Morgan fingerprint density at radius 2 is 1.07 bits per heavy atom. The molecule has 22 nitrogen and oxygen atoms in total. The van der Waals surface area contributed by atoms with E-state index in [4.69, 9.17) is 68.8 Å². The number of carbonyl (C=O) groups is 3. The first-order valence-electron chi connectivity index (χ1n) is 21.1. The average molecular weight is 1150 g/mol. The number of carboxylic acid groups (broad SMARTS) is 1. The number of hydrogen-bond acceptors (Lipinski definition) is 19. The van der Waals surface area contributed by atoms with E-state index in [1.807, 2.05) is 27.7 Å². The van der Waals surface area contributed by atoms with Gasteiger partial charge < -0.3 is 46.1 Å². The number of nitrogens with two attached hydrogens (primary N) is 1. The predicted octanol–water partition coefficient (Wildman–Crippen LogP) is 4.12. The van der Waals surface area contributed by atoms with Crippen molar-refractivity contribution < 1.29 is 79.3 Å². The summed E-state index contributed by atoms with van der Waals surface area (Å²) in [6.45, 7) is 18.5. The fourth-order valence-electron chi connectivity index (χ4n) is 4.93. The van der Waals surface area contributed by atoms with Gasteiger partial charge in [-0.1, -0.05) is 76.3 Å². The Balaban J connectivity index is -0.000000860. The summed E-state index contributed by atoms with van der Waals surface area (Å²) < 4.78 is 12.7. The monoisotopic (exact) mass is 1150 g/mol. The largest absolute Gasteiger partial charge is 1.00 e. The van der Waals surface area contributed by atoms with Crippen LogP contribution in [0.5, 0.6) is 0 Å². The molecule has 0 atom stereocenters. The van der Waals surface area contributed by atoms with Gasteiger partial charge in [0.1, 0.15) is 23.8 Å². The molecule has 0 bridgehead atoms. The number of aliphatic imine (C=N–C) groups is 1. The van der Waals surface area contributed by atoms with Crippen LogP contribution in [-0.2, 0) is 23.6 Å². The maximum atomic E-state index is 11.5. The Hall–Kier alpha value is -4.47. The van der Waals surface area contributed by atoms with Crippen molar-refractivity contribution in [3.63, 3.8) is 0 Å². The number of allylic oxidation sites excluding steroid dienone is 1. The molecule has 5 heterocycles. The van der Waals surface area contributed by atoms with Crippen LogP contribution in [-0.4, -0.2) is 146 Å². The number of aliphatic hydroxyl groups excluding tert-OH is 1. The van der Waals surface area contributed by atoms with E-state index in [0.717, 1.165) is 29.5 Å². The van der Waals surface area contributed by atoms with Gasteiger partial charge in [-0.3, -0.25) is 9.36 Å². The van der Waals surface area contributed by atoms with Crippen molar-refractivity contribution in [2.45, 2.75) is 92.3 Å². The first-order chi connectivity index (χ1) is 32.9. The molecule has 0 unspecified atom stereocenters. The van der Waals surface area contributed by atoms with Gasteiger partial charge in [-0.05, 0) is 78.8 Å².